The Morgan fingerprint density at radius 2 is 2.29 bits per heavy atom. The van der Waals surface area contributed by atoms with Crippen molar-refractivity contribution in [2.24, 2.45) is 0 Å². The summed E-state index contributed by atoms with van der Waals surface area (Å²) in [6.07, 6.45) is -3.17. The molecular formula is C9H10F3N3O2. The Labute approximate surface area is 93.9 Å². The molecule has 0 unspecified atom stereocenters. The molecule has 17 heavy (non-hydrogen) atoms. The van der Waals surface area contributed by atoms with Gasteiger partial charge in [-0.05, 0) is 6.42 Å². The van der Waals surface area contributed by atoms with E-state index in [9.17, 15) is 18.0 Å². The van der Waals surface area contributed by atoms with Crippen molar-refractivity contribution in [3.8, 4) is 0 Å². The zero-order valence-electron chi connectivity index (χ0n) is 8.66. The van der Waals surface area contributed by atoms with Crippen molar-refractivity contribution in [2.45, 2.75) is 18.6 Å². The van der Waals surface area contributed by atoms with E-state index in [-0.39, 0.29) is 18.3 Å². The molecule has 8 heteroatoms. The third kappa shape index (κ3) is 1.99. The van der Waals surface area contributed by atoms with Gasteiger partial charge in [-0.15, -0.1) is 0 Å². The van der Waals surface area contributed by atoms with Crippen LogP contribution in [0.5, 0.6) is 0 Å². The Morgan fingerprint density at radius 3 is 2.76 bits per heavy atom. The lowest BCUT2D eigenvalue weighted by atomic mass is 10.0. The number of aromatic nitrogens is 2. The topological polar surface area (TPSA) is 69.2 Å². The number of rotatable bonds is 2. The molecule has 1 atom stereocenters. The van der Waals surface area contributed by atoms with Gasteiger partial charge < -0.3 is 10.0 Å². The first kappa shape index (κ1) is 11.9. The number of aliphatic hydroxyl groups excluding tert-OH is 1. The molecule has 5 nitrogen and oxygen atoms in total. The second kappa shape index (κ2) is 4.02. The van der Waals surface area contributed by atoms with E-state index in [1.807, 2.05) is 0 Å². The number of alkyl halides is 3. The third-order valence-electron chi connectivity index (χ3n) is 2.78. The van der Waals surface area contributed by atoms with Crippen molar-refractivity contribution in [2.75, 3.05) is 18.1 Å². The normalized spacial score (nSPS) is 20.2. The second-order valence-corrected chi connectivity index (χ2v) is 3.78. The molecule has 1 saturated heterocycles. The molecule has 1 aromatic rings. The number of aromatic amines is 1. The maximum Gasteiger partial charge on any atom is 0.423 e. The molecule has 0 saturated carbocycles. The largest absolute Gasteiger partial charge is 0.423 e. The highest BCUT2D eigenvalue weighted by molar-refractivity contribution is 5.55. The molecule has 0 radical (unpaired) electrons. The molecular weight excluding hydrogens is 239 g/mol. The summed E-state index contributed by atoms with van der Waals surface area (Å²) in [6.45, 7) is 0.129. The molecule has 0 amide bonds. The summed E-state index contributed by atoms with van der Waals surface area (Å²) in [5, 5.41) is 14.1. The average molecular weight is 249 g/mol. The predicted octanol–water partition coefficient (Wildman–Crippen LogP) is 0.360. The maximum atomic E-state index is 12.7. The Bertz CT molecular complexity index is 469. The van der Waals surface area contributed by atoms with Crippen LogP contribution < -0.4 is 10.5 Å². The first-order valence-corrected chi connectivity index (χ1v) is 4.97. The minimum Gasteiger partial charge on any atom is -0.394 e. The zero-order valence-corrected chi connectivity index (χ0v) is 8.66. The highest BCUT2D eigenvalue weighted by atomic mass is 19.4. The minimum atomic E-state index is -4.73. The van der Waals surface area contributed by atoms with Crippen molar-refractivity contribution in [1.29, 1.82) is 0 Å². The van der Waals surface area contributed by atoms with Crippen molar-refractivity contribution in [3.63, 3.8) is 0 Å². The number of nitrogens with one attached hydrogen (secondary N) is 1. The number of hydrogen-bond acceptors (Lipinski definition) is 4. The van der Waals surface area contributed by atoms with Crippen LogP contribution in [-0.2, 0) is 6.18 Å². The molecule has 2 rings (SSSR count). The first-order chi connectivity index (χ1) is 7.95. The van der Waals surface area contributed by atoms with Gasteiger partial charge in [0.2, 0.25) is 0 Å². The fourth-order valence-corrected chi connectivity index (χ4v) is 1.83. The molecule has 0 aliphatic carbocycles. The van der Waals surface area contributed by atoms with Crippen LogP contribution in [-0.4, -0.2) is 34.5 Å². The maximum absolute atomic E-state index is 12.7. The number of hydrogen-bond donors (Lipinski definition) is 2. The van der Waals surface area contributed by atoms with Crippen LogP contribution in [0.1, 0.15) is 12.0 Å². The van der Waals surface area contributed by atoms with Crippen molar-refractivity contribution in [3.05, 3.63) is 22.1 Å². The lowest BCUT2D eigenvalue weighted by Gasteiger charge is -2.42. The molecule has 0 bridgehead atoms. The van der Waals surface area contributed by atoms with E-state index in [0.717, 1.165) is 6.20 Å². The molecule has 1 aromatic heterocycles. The minimum absolute atomic E-state index is 0.246. The smallest absolute Gasteiger partial charge is 0.394 e. The SMILES string of the molecule is O=c1[nH]ncc(N2CC[C@@H]2CO)c1C(F)(F)F. The number of halogens is 3. The highest BCUT2D eigenvalue weighted by Crippen LogP contribution is 2.36. The van der Waals surface area contributed by atoms with Gasteiger partial charge in [-0.3, -0.25) is 4.79 Å². The summed E-state index contributed by atoms with van der Waals surface area (Å²) < 4.78 is 38.2. The fraction of sp³-hybridized carbons (Fsp3) is 0.556. The molecule has 2 N–H and O–H groups in total. The lowest BCUT2D eigenvalue weighted by Crippen LogP contribution is -2.51. The molecule has 1 aliphatic rings. The first-order valence-electron chi connectivity index (χ1n) is 4.97. The van der Waals surface area contributed by atoms with Gasteiger partial charge in [-0.2, -0.15) is 18.3 Å². The zero-order chi connectivity index (χ0) is 12.6. The number of anilines is 1. The molecule has 2 heterocycles. The van der Waals surface area contributed by atoms with E-state index in [2.05, 4.69) is 5.10 Å². The van der Waals surface area contributed by atoms with Crippen LogP contribution in [0, 0.1) is 0 Å². The highest BCUT2D eigenvalue weighted by Gasteiger charge is 2.41. The van der Waals surface area contributed by atoms with E-state index in [0.29, 0.717) is 13.0 Å². The predicted molar refractivity (Wildman–Crippen MR) is 52.7 cm³/mol. The molecule has 0 spiro atoms. The molecule has 0 aromatic carbocycles. The van der Waals surface area contributed by atoms with E-state index >= 15 is 0 Å². The Balaban J connectivity index is 2.48. The van der Waals surface area contributed by atoms with Gasteiger partial charge in [0.15, 0.2) is 0 Å². The number of H-pyrrole nitrogens is 1. The van der Waals surface area contributed by atoms with Crippen molar-refractivity contribution in [1.82, 2.24) is 10.2 Å². The number of nitrogens with zero attached hydrogens (tertiary/aromatic N) is 2. The number of aliphatic hydroxyl groups is 1. The van der Waals surface area contributed by atoms with Gasteiger partial charge in [0.1, 0.15) is 5.56 Å². The summed E-state index contributed by atoms with van der Waals surface area (Å²) in [5.74, 6) is 0. The fourth-order valence-electron chi connectivity index (χ4n) is 1.83. The Morgan fingerprint density at radius 1 is 1.59 bits per heavy atom. The van der Waals surface area contributed by atoms with Crippen LogP contribution in [0.2, 0.25) is 0 Å². The Kier molecular flexibility index (Phi) is 2.82. The third-order valence-corrected chi connectivity index (χ3v) is 2.78. The van der Waals surface area contributed by atoms with Gasteiger partial charge in [-0.25, -0.2) is 5.10 Å². The van der Waals surface area contributed by atoms with Crippen LogP contribution in [0.25, 0.3) is 0 Å². The van der Waals surface area contributed by atoms with Gasteiger partial charge in [0.25, 0.3) is 5.56 Å². The van der Waals surface area contributed by atoms with Gasteiger partial charge >= 0.3 is 6.18 Å². The van der Waals surface area contributed by atoms with Crippen LogP contribution >= 0.6 is 0 Å². The molecule has 1 fully saturated rings. The summed E-state index contributed by atoms with van der Waals surface area (Å²) in [7, 11) is 0. The van der Waals surface area contributed by atoms with Crippen LogP contribution in [0.15, 0.2) is 11.0 Å². The van der Waals surface area contributed by atoms with Gasteiger partial charge in [0, 0.05) is 6.54 Å². The summed E-state index contributed by atoms with van der Waals surface area (Å²) in [6, 6.07) is -0.375. The molecule has 1 aliphatic heterocycles. The summed E-state index contributed by atoms with van der Waals surface area (Å²) >= 11 is 0. The van der Waals surface area contributed by atoms with Gasteiger partial charge in [-0.1, -0.05) is 0 Å². The quantitative estimate of drug-likeness (QED) is 0.794. The lowest BCUT2D eigenvalue weighted by molar-refractivity contribution is -0.138. The summed E-state index contributed by atoms with van der Waals surface area (Å²) in [4.78, 5) is 12.5. The average Bonchev–Trinajstić information content (AvgIpc) is 2.14. The second-order valence-electron chi connectivity index (χ2n) is 3.78. The Hall–Kier alpha value is -1.57. The van der Waals surface area contributed by atoms with Crippen molar-refractivity contribution < 1.29 is 18.3 Å². The standard InChI is InChI=1S/C9H10F3N3O2/c10-9(11,12)7-6(3-13-14-8(7)17)15-2-1-5(15)4-16/h3,5,16H,1-2,4H2,(H,14,17)/t5-/m1/s1. The van der Waals surface area contributed by atoms with E-state index in [4.69, 9.17) is 5.11 Å². The van der Waals surface area contributed by atoms with Crippen LogP contribution in [0.3, 0.4) is 0 Å². The monoisotopic (exact) mass is 249 g/mol. The van der Waals surface area contributed by atoms with E-state index in [1.165, 1.54) is 4.90 Å². The van der Waals surface area contributed by atoms with Gasteiger partial charge in [0.05, 0.1) is 24.5 Å². The van der Waals surface area contributed by atoms with E-state index < -0.39 is 17.3 Å². The van der Waals surface area contributed by atoms with Crippen LogP contribution in [0.4, 0.5) is 18.9 Å². The molecule has 94 valence electrons. The van der Waals surface area contributed by atoms with Crippen molar-refractivity contribution >= 4 is 5.69 Å². The van der Waals surface area contributed by atoms with E-state index in [1.54, 1.807) is 5.10 Å². The summed E-state index contributed by atoms with van der Waals surface area (Å²) in [5.41, 5.74) is -2.80.